The van der Waals surface area contributed by atoms with Crippen molar-refractivity contribution in [1.82, 2.24) is 4.90 Å². The Hall–Kier alpha value is -1.74. The van der Waals surface area contributed by atoms with Crippen LogP contribution in [0.1, 0.15) is 10.4 Å². The standard InChI is InChI=1S/C14H17NO6S2/c1-23(19,20)12-9-22-6-5-15(12)14(18)10-3-2-4-11(7-10)21-8-13(16)17/h2-4,7,12H,5-6,8-9H2,1H3,(H,16,17). The molecule has 1 amide bonds. The van der Waals surface area contributed by atoms with E-state index in [-0.39, 0.29) is 11.3 Å². The molecule has 0 spiro atoms. The number of thioether (sulfide) groups is 1. The maximum atomic E-state index is 12.6. The molecule has 1 fully saturated rings. The lowest BCUT2D eigenvalue weighted by Gasteiger charge is -2.34. The maximum Gasteiger partial charge on any atom is 0.341 e. The van der Waals surface area contributed by atoms with E-state index in [1.165, 1.54) is 22.7 Å². The van der Waals surface area contributed by atoms with Crippen molar-refractivity contribution in [2.45, 2.75) is 5.37 Å². The summed E-state index contributed by atoms with van der Waals surface area (Å²) >= 11 is 1.50. The van der Waals surface area contributed by atoms with Gasteiger partial charge in [-0.1, -0.05) is 6.07 Å². The van der Waals surface area contributed by atoms with Gasteiger partial charge in [0, 0.05) is 29.9 Å². The van der Waals surface area contributed by atoms with Crippen LogP contribution < -0.4 is 4.74 Å². The van der Waals surface area contributed by atoms with Crippen LogP contribution in [-0.4, -0.2) is 66.6 Å². The number of sulfone groups is 1. The zero-order valence-electron chi connectivity index (χ0n) is 12.5. The van der Waals surface area contributed by atoms with Crippen LogP contribution in [0.3, 0.4) is 0 Å². The van der Waals surface area contributed by atoms with Crippen LogP contribution in [0, 0.1) is 0 Å². The highest BCUT2D eigenvalue weighted by molar-refractivity contribution is 8.00. The van der Waals surface area contributed by atoms with Crippen molar-refractivity contribution in [3.05, 3.63) is 29.8 Å². The molecule has 2 rings (SSSR count). The molecule has 1 N–H and O–H groups in total. The van der Waals surface area contributed by atoms with Gasteiger partial charge in [-0.25, -0.2) is 13.2 Å². The van der Waals surface area contributed by atoms with Crippen LogP contribution in [0.2, 0.25) is 0 Å². The smallest absolute Gasteiger partial charge is 0.341 e. The van der Waals surface area contributed by atoms with Gasteiger partial charge in [0.1, 0.15) is 11.1 Å². The number of carbonyl (C=O) groups is 2. The van der Waals surface area contributed by atoms with E-state index in [2.05, 4.69) is 0 Å². The number of ether oxygens (including phenoxy) is 1. The van der Waals surface area contributed by atoms with E-state index in [4.69, 9.17) is 9.84 Å². The van der Waals surface area contributed by atoms with Crippen molar-refractivity contribution in [2.24, 2.45) is 0 Å². The number of amides is 1. The molecule has 7 nitrogen and oxygen atoms in total. The molecular formula is C14H17NO6S2. The Bertz CT molecular complexity index is 703. The molecule has 0 bridgehead atoms. The van der Waals surface area contributed by atoms with Gasteiger partial charge in [0.05, 0.1) is 0 Å². The molecule has 1 atom stereocenters. The Kier molecular flexibility index (Phi) is 5.53. The number of rotatable bonds is 5. The van der Waals surface area contributed by atoms with Crippen molar-refractivity contribution in [3.63, 3.8) is 0 Å². The number of carbonyl (C=O) groups excluding carboxylic acids is 1. The molecule has 1 aliphatic heterocycles. The topological polar surface area (TPSA) is 101 Å². The Morgan fingerprint density at radius 1 is 1.43 bits per heavy atom. The van der Waals surface area contributed by atoms with Gasteiger partial charge < -0.3 is 14.7 Å². The van der Waals surface area contributed by atoms with Crippen molar-refractivity contribution < 1.29 is 27.9 Å². The molecule has 1 aromatic rings. The quantitative estimate of drug-likeness (QED) is 0.826. The molecule has 0 aliphatic carbocycles. The van der Waals surface area contributed by atoms with E-state index >= 15 is 0 Å². The highest BCUT2D eigenvalue weighted by Gasteiger charge is 2.34. The summed E-state index contributed by atoms with van der Waals surface area (Å²) < 4.78 is 28.8. The van der Waals surface area contributed by atoms with Gasteiger partial charge in [0.25, 0.3) is 5.91 Å². The summed E-state index contributed by atoms with van der Waals surface area (Å²) in [7, 11) is -3.38. The second-order valence-corrected chi connectivity index (χ2v) is 8.42. The summed E-state index contributed by atoms with van der Waals surface area (Å²) in [5.41, 5.74) is 0.272. The number of carboxylic acid groups (broad SMARTS) is 1. The largest absolute Gasteiger partial charge is 0.482 e. The molecule has 23 heavy (non-hydrogen) atoms. The minimum Gasteiger partial charge on any atom is -0.482 e. The van der Waals surface area contributed by atoms with Gasteiger partial charge in [0.2, 0.25) is 0 Å². The number of benzene rings is 1. The van der Waals surface area contributed by atoms with Gasteiger partial charge in [-0.3, -0.25) is 4.79 Å². The SMILES string of the molecule is CS(=O)(=O)C1CSCCN1C(=O)c1cccc(OCC(=O)O)c1. The molecule has 0 radical (unpaired) electrons. The third-order valence-electron chi connectivity index (χ3n) is 3.28. The third-order valence-corrected chi connectivity index (χ3v) is 5.93. The molecule has 9 heteroatoms. The van der Waals surface area contributed by atoms with Gasteiger partial charge in [0.15, 0.2) is 16.4 Å². The second kappa shape index (κ2) is 7.22. The van der Waals surface area contributed by atoms with Crippen LogP contribution in [0.15, 0.2) is 24.3 Å². The number of hydrogen-bond donors (Lipinski definition) is 1. The van der Waals surface area contributed by atoms with E-state index in [9.17, 15) is 18.0 Å². The third kappa shape index (κ3) is 4.61. The first-order chi connectivity index (χ1) is 10.8. The Morgan fingerprint density at radius 3 is 2.83 bits per heavy atom. The summed E-state index contributed by atoms with van der Waals surface area (Å²) in [5.74, 6) is -0.249. The summed E-state index contributed by atoms with van der Waals surface area (Å²) in [6, 6.07) is 6.09. The molecule has 1 heterocycles. The fraction of sp³-hybridized carbons (Fsp3) is 0.429. The van der Waals surface area contributed by atoms with Crippen molar-refractivity contribution in [3.8, 4) is 5.75 Å². The molecule has 1 unspecified atom stereocenters. The predicted molar refractivity (Wildman–Crippen MR) is 86.6 cm³/mol. The minimum absolute atomic E-state index is 0.251. The fourth-order valence-electron chi connectivity index (χ4n) is 2.20. The first-order valence-corrected chi connectivity index (χ1v) is 9.92. The highest BCUT2D eigenvalue weighted by atomic mass is 32.2. The number of aliphatic carboxylic acids is 1. The average Bonchev–Trinajstić information content (AvgIpc) is 2.51. The lowest BCUT2D eigenvalue weighted by molar-refractivity contribution is -0.139. The molecule has 1 aromatic carbocycles. The first-order valence-electron chi connectivity index (χ1n) is 6.81. The molecule has 1 aliphatic rings. The Balaban J connectivity index is 2.21. The van der Waals surface area contributed by atoms with E-state index in [1.54, 1.807) is 18.2 Å². The molecule has 126 valence electrons. The van der Waals surface area contributed by atoms with Crippen molar-refractivity contribution in [1.29, 1.82) is 0 Å². The average molecular weight is 359 g/mol. The van der Waals surface area contributed by atoms with Crippen LogP contribution in [0.5, 0.6) is 5.75 Å². The maximum absolute atomic E-state index is 12.6. The van der Waals surface area contributed by atoms with Crippen LogP contribution >= 0.6 is 11.8 Å². The van der Waals surface area contributed by atoms with E-state index < -0.39 is 33.7 Å². The molecule has 1 saturated heterocycles. The van der Waals surface area contributed by atoms with Crippen LogP contribution in [-0.2, 0) is 14.6 Å². The first kappa shape index (κ1) is 17.6. The van der Waals surface area contributed by atoms with Gasteiger partial charge in [-0.05, 0) is 18.2 Å². The van der Waals surface area contributed by atoms with Crippen molar-refractivity contribution >= 4 is 33.5 Å². The zero-order valence-corrected chi connectivity index (χ0v) is 14.1. The normalized spacial score (nSPS) is 18.5. The molecule has 0 saturated carbocycles. The summed E-state index contributed by atoms with van der Waals surface area (Å²) in [6.45, 7) is -0.161. The lowest BCUT2D eigenvalue weighted by atomic mass is 10.2. The van der Waals surface area contributed by atoms with E-state index in [0.717, 1.165) is 6.26 Å². The number of nitrogens with zero attached hydrogens (tertiary/aromatic N) is 1. The van der Waals surface area contributed by atoms with Gasteiger partial charge in [-0.2, -0.15) is 11.8 Å². The fourth-order valence-corrected chi connectivity index (χ4v) is 5.01. The van der Waals surface area contributed by atoms with E-state index in [1.807, 2.05) is 0 Å². The molecular weight excluding hydrogens is 342 g/mol. The van der Waals surface area contributed by atoms with Crippen LogP contribution in [0.4, 0.5) is 0 Å². The highest BCUT2D eigenvalue weighted by Crippen LogP contribution is 2.23. The summed E-state index contributed by atoms with van der Waals surface area (Å²) in [4.78, 5) is 24.5. The monoisotopic (exact) mass is 359 g/mol. The summed E-state index contributed by atoms with van der Waals surface area (Å²) in [6.07, 6.45) is 1.12. The lowest BCUT2D eigenvalue weighted by Crippen LogP contribution is -2.49. The number of hydrogen-bond acceptors (Lipinski definition) is 6. The minimum atomic E-state index is -3.38. The number of carboxylic acids is 1. The second-order valence-electron chi connectivity index (χ2n) is 5.07. The zero-order chi connectivity index (χ0) is 17.0. The molecule has 0 aromatic heterocycles. The Morgan fingerprint density at radius 2 is 2.17 bits per heavy atom. The van der Waals surface area contributed by atoms with Gasteiger partial charge in [-0.15, -0.1) is 0 Å². The van der Waals surface area contributed by atoms with Crippen LogP contribution in [0.25, 0.3) is 0 Å². The van der Waals surface area contributed by atoms with Gasteiger partial charge >= 0.3 is 5.97 Å². The summed E-state index contributed by atoms with van der Waals surface area (Å²) in [5, 5.41) is 7.76. The van der Waals surface area contributed by atoms with E-state index in [0.29, 0.717) is 18.1 Å². The van der Waals surface area contributed by atoms with Crippen molar-refractivity contribution in [2.75, 3.05) is 30.9 Å². The predicted octanol–water partition coefficient (Wildman–Crippen LogP) is 0.710. The Labute approximate surface area is 138 Å².